The number of amides is 1. The monoisotopic (exact) mass is 309 g/mol. The number of hydrogen-bond acceptors (Lipinski definition) is 7. The highest BCUT2D eigenvalue weighted by Crippen LogP contribution is 2.49. The number of hydrogen-bond donors (Lipinski definition) is 5. The molecule has 5 N–H and O–H groups in total. The molecule has 8 heteroatoms. The van der Waals surface area contributed by atoms with Crippen LogP contribution >= 0.6 is 0 Å². The Morgan fingerprint density at radius 2 is 1.95 bits per heavy atom. The molecule has 5 atom stereocenters. The molecule has 1 saturated carbocycles. The zero-order chi connectivity index (χ0) is 15.6. The van der Waals surface area contributed by atoms with Crippen LogP contribution in [0.5, 0.6) is 17.2 Å². The van der Waals surface area contributed by atoms with E-state index in [-0.39, 0.29) is 30.3 Å². The summed E-state index contributed by atoms with van der Waals surface area (Å²) in [6, 6.07) is 0.850. The third-order valence-electron chi connectivity index (χ3n) is 4.63. The lowest BCUT2D eigenvalue weighted by molar-refractivity contribution is -0.104. The molecule has 1 fully saturated rings. The SMILES string of the molecule is O=C1NC2[C@H](C[C@H](O)[C@@H](O)[C@H]2O)c2cc3c(c(O)c21)OCO3. The maximum absolute atomic E-state index is 12.3. The summed E-state index contributed by atoms with van der Waals surface area (Å²) in [7, 11) is 0. The summed E-state index contributed by atoms with van der Waals surface area (Å²) in [6.07, 6.45) is -3.59. The summed E-state index contributed by atoms with van der Waals surface area (Å²) >= 11 is 0. The van der Waals surface area contributed by atoms with E-state index in [9.17, 15) is 25.2 Å². The van der Waals surface area contributed by atoms with Gasteiger partial charge < -0.3 is 35.2 Å². The number of aromatic hydroxyl groups is 1. The first-order chi connectivity index (χ1) is 10.5. The van der Waals surface area contributed by atoms with Gasteiger partial charge in [0.1, 0.15) is 12.2 Å². The summed E-state index contributed by atoms with van der Waals surface area (Å²) < 4.78 is 10.4. The molecule has 3 aliphatic rings. The van der Waals surface area contributed by atoms with Gasteiger partial charge in [-0.25, -0.2) is 0 Å². The van der Waals surface area contributed by atoms with E-state index in [1.54, 1.807) is 6.07 Å². The predicted octanol–water partition coefficient (Wildman–Crippen LogP) is -1.20. The van der Waals surface area contributed by atoms with E-state index in [0.717, 1.165) is 0 Å². The normalized spacial score (nSPS) is 35.6. The van der Waals surface area contributed by atoms with Gasteiger partial charge in [0.15, 0.2) is 11.5 Å². The lowest BCUT2D eigenvalue weighted by atomic mass is 9.72. The van der Waals surface area contributed by atoms with Gasteiger partial charge in [0.2, 0.25) is 12.5 Å². The van der Waals surface area contributed by atoms with Crippen LogP contribution in [-0.4, -0.2) is 57.5 Å². The first-order valence-electron chi connectivity index (χ1n) is 6.99. The van der Waals surface area contributed by atoms with E-state index >= 15 is 0 Å². The number of phenols is 1. The molecule has 118 valence electrons. The summed E-state index contributed by atoms with van der Waals surface area (Å²) in [4.78, 5) is 12.3. The van der Waals surface area contributed by atoms with Gasteiger partial charge >= 0.3 is 0 Å². The number of carbonyl (C=O) groups excluding carboxylic acids is 1. The van der Waals surface area contributed by atoms with Gasteiger partial charge in [-0.15, -0.1) is 0 Å². The summed E-state index contributed by atoms with van der Waals surface area (Å²) in [5, 5.41) is 42.6. The lowest BCUT2D eigenvalue weighted by Crippen LogP contribution is -2.61. The second-order valence-electron chi connectivity index (χ2n) is 5.81. The number of benzene rings is 1. The fourth-order valence-electron chi connectivity index (χ4n) is 3.53. The lowest BCUT2D eigenvalue weighted by Gasteiger charge is -2.44. The molecule has 1 aliphatic carbocycles. The number of fused-ring (bicyclic) bond motifs is 4. The zero-order valence-electron chi connectivity index (χ0n) is 11.4. The van der Waals surface area contributed by atoms with Gasteiger partial charge in [-0.3, -0.25) is 4.79 Å². The molecular weight excluding hydrogens is 294 g/mol. The largest absolute Gasteiger partial charge is 0.504 e. The highest BCUT2D eigenvalue weighted by molar-refractivity contribution is 6.01. The average Bonchev–Trinajstić information content (AvgIpc) is 2.95. The highest BCUT2D eigenvalue weighted by atomic mass is 16.7. The number of nitrogens with one attached hydrogen (secondary N) is 1. The van der Waals surface area contributed by atoms with Crippen molar-refractivity contribution in [3.63, 3.8) is 0 Å². The summed E-state index contributed by atoms with van der Waals surface area (Å²) in [5.41, 5.74) is 0.529. The van der Waals surface area contributed by atoms with Crippen molar-refractivity contribution in [1.82, 2.24) is 5.32 Å². The van der Waals surface area contributed by atoms with Crippen molar-refractivity contribution in [2.75, 3.05) is 6.79 Å². The molecule has 4 rings (SSSR count). The van der Waals surface area contributed by atoms with Crippen molar-refractivity contribution in [2.24, 2.45) is 0 Å². The second-order valence-corrected chi connectivity index (χ2v) is 5.81. The molecule has 0 spiro atoms. The van der Waals surface area contributed by atoms with Crippen LogP contribution in [0.15, 0.2) is 6.07 Å². The molecule has 22 heavy (non-hydrogen) atoms. The second kappa shape index (κ2) is 4.48. The Balaban J connectivity index is 1.87. The van der Waals surface area contributed by atoms with Crippen molar-refractivity contribution in [3.8, 4) is 17.2 Å². The number of ether oxygens (including phenoxy) is 2. The highest BCUT2D eigenvalue weighted by Gasteiger charge is 2.49. The van der Waals surface area contributed by atoms with Crippen LogP contribution in [0.1, 0.15) is 28.3 Å². The first kappa shape index (κ1) is 13.6. The van der Waals surface area contributed by atoms with Crippen molar-refractivity contribution in [2.45, 2.75) is 36.7 Å². The third kappa shape index (κ3) is 1.65. The zero-order valence-corrected chi connectivity index (χ0v) is 11.4. The van der Waals surface area contributed by atoms with Crippen LogP contribution in [0, 0.1) is 0 Å². The number of aliphatic hydroxyl groups is 3. The van der Waals surface area contributed by atoms with Crippen LogP contribution in [-0.2, 0) is 0 Å². The van der Waals surface area contributed by atoms with Crippen LogP contribution in [0.25, 0.3) is 0 Å². The van der Waals surface area contributed by atoms with Gasteiger partial charge in [-0.2, -0.15) is 0 Å². The Bertz CT molecular complexity index is 661. The minimum atomic E-state index is -1.33. The molecule has 2 heterocycles. The molecule has 1 amide bonds. The Kier molecular flexibility index (Phi) is 2.77. The average molecular weight is 309 g/mol. The molecule has 1 unspecified atom stereocenters. The molecule has 0 aromatic heterocycles. The Morgan fingerprint density at radius 1 is 1.18 bits per heavy atom. The number of carbonyl (C=O) groups is 1. The Labute approximate surface area is 124 Å². The van der Waals surface area contributed by atoms with Gasteiger partial charge in [0.25, 0.3) is 5.91 Å². The minimum absolute atomic E-state index is 0.0501. The van der Waals surface area contributed by atoms with E-state index in [0.29, 0.717) is 11.3 Å². The quantitative estimate of drug-likeness (QED) is 0.407. The van der Waals surface area contributed by atoms with Crippen LogP contribution in [0.3, 0.4) is 0 Å². The fraction of sp³-hybridized carbons (Fsp3) is 0.500. The molecule has 0 radical (unpaired) electrons. The van der Waals surface area contributed by atoms with Gasteiger partial charge in [-0.1, -0.05) is 0 Å². The van der Waals surface area contributed by atoms with E-state index in [1.165, 1.54) is 0 Å². The van der Waals surface area contributed by atoms with Crippen LogP contribution in [0.2, 0.25) is 0 Å². The smallest absolute Gasteiger partial charge is 0.255 e. The Hall–Kier alpha value is -2.03. The van der Waals surface area contributed by atoms with Crippen LogP contribution in [0.4, 0.5) is 0 Å². The summed E-state index contributed by atoms with van der Waals surface area (Å²) in [5.74, 6) is -0.878. The van der Waals surface area contributed by atoms with Gasteiger partial charge in [0.05, 0.1) is 17.7 Å². The maximum Gasteiger partial charge on any atom is 0.255 e. The van der Waals surface area contributed by atoms with Crippen LogP contribution < -0.4 is 14.8 Å². The fourth-order valence-corrected chi connectivity index (χ4v) is 3.53. The standard InChI is InChI=1S/C14H15NO7/c16-6-1-5-4-2-7-13(22-3-21-7)11(18)8(4)14(20)15-9(5)12(19)10(6)17/h2,5-6,9-10,12,16-19H,1,3H2,(H,15,20)/t5-,6+,9?,10-,12+/m1/s1. The van der Waals surface area contributed by atoms with Crippen molar-refractivity contribution in [3.05, 3.63) is 17.2 Å². The molecule has 0 saturated heterocycles. The van der Waals surface area contributed by atoms with Crippen molar-refractivity contribution in [1.29, 1.82) is 0 Å². The molecule has 1 aromatic rings. The predicted molar refractivity (Wildman–Crippen MR) is 70.9 cm³/mol. The molecular formula is C14H15NO7. The molecule has 8 nitrogen and oxygen atoms in total. The molecule has 0 bridgehead atoms. The van der Waals surface area contributed by atoms with E-state index in [4.69, 9.17) is 9.47 Å². The van der Waals surface area contributed by atoms with Gasteiger partial charge in [0, 0.05) is 5.92 Å². The van der Waals surface area contributed by atoms with Gasteiger partial charge in [-0.05, 0) is 18.1 Å². The Morgan fingerprint density at radius 3 is 2.73 bits per heavy atom. The number of aliphatic hydroxyl groups excluding tert-OH is 3. The number of phenolic OH excluding ortho intramolecular Hbond substituents is 1. The van der Waals surface area contributed by atoms with Crippen molar-refractivity contribution < 1.29 is 34.7 Å². The number of rotatable bonds is 0. The van der Waals surface area contributed by atoms with E-state index in [2.05, 4.69) is 5.32 Å². The summed E-state index contributed by atoms with van der Waals surface area (Å²) in [6.45, 7) is -0.0501. The molecule has 2 aliphatic heterocycles. The maximum atomic E-state index is 12.3. The van der Waals surface area contributed by atoms with Crippen molar-refractivity contribution >= 4 is 5.91 Å². The third-order valence-corrected chi connectivity index (χ3v) is 4.63. The van der Waals surface area contributed by atoms with E-state index < -0.39 is 36.2 Å². The molecule has 1 aromatic carbocycles. The topological polar surface area (TPSA) is 128 Å². The minimum Gasteiger partial charge on any atom is -0.504 e. The first-order valence-corrected chi connectivity index (χ1v) is 6.99. The van der Waals surface area contributed by atoms with E-state index in [1.807, 2.05) is 0 Å².